The third-order valence-electron chi connectivity index (χ3n) is 4.53. The van der Waals surface area contributed by atoms with Crippen molar-refractivity contribution in [2.24, 2.45) is 0 Å². The van der Waals surface area contributed by atoms with Gasteiger partial charge in [0.15, 0.2) is 37.7 Å². The monoisotopic (exact) mass is 468 g/mol. The number of halogens is 3. The molecule has 4 rings (SSSR count). The van der Waals surface area contributed by atoms with Crippen LogP contribution in [0.2, 0.25) is 0 Å². The van der Waals surface area contributed by atoms with E-state index in [4.69, 9.17) is 4.74 Å². The molecule has 0 aliphatic rings. The Bertz CT molecular complexity index is 1460. The number of nitrogens with zero attached hydrogens (tertiary/aromatic N) is 6. The van der Waals surface area contributed by atoms with Gasteiger partial charge in [-0.2, -0.15) is 18.3 Å². The first-order valence-electron chi connectivity index (χ1n) is 9.28. The lowest BCUT2D eigenvalue weighted by molar-refractivity contribution is -0.137. The van der Waals surface area contributed by atoms with Crippen molar-refractivity contribution in [3.63, 3.8) is 0 Å². The van der Waals surface area contributed by atoms with Crippen LogP contribution >= 0.6 is 0 Å². The summed E-state index contributed by atoms with van der Waals surface area (Å²) in [5, 5.41) is 7.64. The van der Waals surface area contributed by atoms with Crippen LogP contribution in [-0.4, -0.2) is 55.9 Å². The van der Waals surface area contributed by atoms with Crippen LogP contribution in [0.3, 0.4) is 0 Å². The van der Waals surface area contributed by atoms with E-state index in [1.165, 1.54) is 19.2 Å². The molecule has 0 N–H and O–H groups in total. The van der Waals surface area contributed by atoms with Crippen molar-refractivity contribution in [2.75, 3.05) is 12.4 Å². The fourth-order valence-corrected chi connectivity index (χ4v) is 3.97. The van der Waals surface area contributed by atoms with Crippen LogP contribution in [0.1, 0.15) is 29.9 Å². The molecule has 0 amide bonds. The molecule has 4 aromatic rings. The number of aromatic nitrogens is 6. The number of ether oxygens (including phenoxy) is 1. The zero-order chi connectivity index (χ0) is 23.3. The molecule has 0 aliphatic carbocycles. The van der Waals surface area contributed by atoms with Gasteiger partial charge >= 0.3 is 12.1 Å². The molecular formula is C18H15F3N6O4S. The fourth-order valence-electron chi connectivity index (χ4n) is 2.99. The second kappa shape index (κ2) is 7.55. The summed E-state index contributed by atoms with van der Waals surface area (Å²) in [4.78, 5) is 20.6. The third kappa shape index (κ3) is 3.55. The number of carbonyl (C=O) groups excluding carboxylic acids is 1. The number of sulfone groups is 1. The van der Waals surface area contributed by atoms with E-state index >= 15 is 0 Å². The van der Waals surface area contributed by atoms with Crippen molar-refractivity contribution in [3.05, 3.63) is 41.9 Å². The molecule has 4 aromatic heterocycles. The molecule has 0 aliphatic heterocycles. The lowest BCUT2D eigenvalue weighted by Crippen LogP contribution is -2.12. The summed E-state index contributed by atoms with van der Waals surface area (Å²) in [6.45, 7) is 3.08. The number of fused-ring (bicyclic) bond motifs is 2. The third-order valence-corrected chi connectivity index (χ3v) is 6.16. The molecule has 10 nitrogen and oxygen atoms in total. The summed E-state index contributed by atoms with van der Waals surface area (Å²) in [6.07, 6.45) is -2.60. The van der Waals surface area contributed by atoms with Crippen molar-refractivity contribution >= 4 is 27.1 Å². The smallest absolute Gasteiger partial charge is 0.417 e. The minimum absolute atomic E-state index is 0.0498. The largest absolute Gasteiger partial charge is 0.461 e. The maximum atomic E-state index is 13.0. The Morgan fingerprint density at radius 2 is 1.91 bits per heavy atom. The first-order chi connectivity index (χ1) is 15.1. The molecule has 168 valence electrons. The van der Waals surface area contributed by atoms with Gasteiger partial charge in [-0.25, -0.2) is 32.2 Å². The zero-order valence-corrected chi connectivity index (χ0v) is 17.5. The number of hydrogen-bond acceptors (Lipinski definition) is 8. The van der Waals surface area contributed by atoms with Gasteiger partial charge in [-0.15, -0.1) is 5.10 Å². The average Bonchev–Trinajstić information content (AvgIpc) is 3.33. The van der Waals surface area contributed by atoms with E-state index in [0.29, 0.717) is 0 Å². The van der Waals surface area contributed by atoms with Crippen LogP contribution < -0.4 is 0 Å². The second-order valence-corrected chi connectivity index (χ2v) is 8.72. The van der Waals surface area contributed by atoms with Crippen molar-refractivity contribution in [2.45, 2.75) is 25.0 Å². The second-order valence-electron chi connectivity index (χ2n) is 6.52. The van der Waals surface area contributed by atoms with E-state index in [1.807, 2.05) is 0 Å². The summed E-state index contributed by atoms with van der Waals surface area (Å²) >= 11 is 0. The van der Waals surface area contributed by atoms with Gasteiger partial charge in [-0.1, -0.05) is 6.92 Å². The van der Waals surface area contributed by atoms with E-state index in [2.05, 4.69) is 20.2 Å². The van der Waals surface area contributed by atoms with E-state index in [0.717, 1.165) is 27.4 Å². The average molecular weight is 468 g/mol. The highest BCUT2D eigenvalue weighted by molar-refractivity contribution is 7.91. The van der Waals surface area contributed by atoms with Gasteiger partial charge in [0.05, 0.1) is 17.9 Å². The van der Waals surface area contributed by atoms with Gasteiger partial charge < -0.3 is 4.74 Å². The van der Waals surface area contributed by atoms with Crippen LogP contribution in [-0.2, 0) is 20.8 Å². The Kier molecular flexibility index (Phi) is 5.11. The first kappa shape index (κ1) is 21.7. The van der Waals surface area contributed by atoms with Gasteiger partial charge in [-0.05, 0) is 25.1 Å². The van der Waals surface area contributed by atoms with Crippen LogP contribution in [0.15, 0.2) is 35.6 Å². The quantitative estimate of drug-likeness (QED) is 0.410. The summed E-state index contributed by atoms with van der Waals surface area (Å²) in [5.41, 5.74) is -1.18. The Balaban J connectivity index is 2.02. The molecule has 0 atom stereocenters. The van der Waals surface area contributed by atoms with Gasteiger partial charge in [-0.3, -0.25) is 0 Å². The predicted octanol–water partition coefficient (Wildman–Crippen LogP) is 2.43. The molecule has 0 saturated heterocycles. The molecule has 0 spiro atoms. The Labute approximate surface area is 178 Å². The van der Waals surface area contributed by atoms with Crippen molar-refractivity contribution in [3.8, 4) is 11.4 Å². The topological polar surface area (TPSA) is 121 Å². The minimum atomic E-state index is -4.60. The van der Waals surface area contributed by atoms with Crippen molar-refractivity contribution in [1.82, 2.24) is 29.2 Å². The number of carbonyl (C=O) groups is 1. The molecule has 0 fully saturated rings. The summed E-state index contributed by atoms with van der Waals surface area (Å²) in [5.74, 6) is -1.29. The molecule has 4 heterocycles. The zero-order valence-electron chi connectivity index (χ0n) is 16.7. The molecule has 0 aromatic carbocycles. The highest BCUT2D eigenvalue weighted by Crippen LogP contribution is 2.32. The van der Waals surface area contributed by atoms with E-state index in [9.17, 15) is 26.4 Å². The Hall–Kier alpha value is -3.55. The lowest BCUT2D eigenvalue weighted by Gasteiger charge is -2.05. The van der Waals surface area contributed by atoms with Crippen molar-refractivity contribution < 1.29 is 31.1 Å². The number of alkyl halides is 3. The predicted molar refractivity (Wildman–Crippen MR) is 104 cm³/mol. The maximum Gasteiger partial charge on any atom is 0.417 e. The SMILES string of the molecule is CCOC(=O)c1ccnc2c(-c3nc4ccc(C(F)(F)F)cn4n3)c(S(=O)(=O)CC)nn12. The number of esters is 1. The highest BCUT2D eigenvalue weighted by atomic mass is 32.2. The fraction of sp³-hybridized carbons (Fsp3) is 0.278. The number of pyridine rings is 1. The number of hydrogen-bond donors (Lipinski definition) is 0. The Morgan fingerprint density at radius 3 is 2.56 bits per heavy atom. The molecule has 0 radical (unpaired) electrons. The van der Waals surface area contributed by atoms with E-state index in [-0.39, 0.29) is 40.7 Å². The molecule has 14 heteroatoms. The Morgan fingerprint density at radius 1 is 1.16 bits per heavy atom. The van der Waals surface area contributed by atoms with Gasteiger partial charge in [0, 0.05) is 12.4 Å². The van der Waals surface area contributed by atoms with Crippen LogP contribution in [0.25, 0.3) is 22.7 Å². The molecule has 32 heavy (non-hydrogen) atoms. The van der Waals surface area contributed by atoms with Crippen LogP contribution in [0.5, 0.6) is 0 Å². The highest BCUT2D eigenvalue weighted by Gasteiger charge is 2.33. The molecular weight excluding hydrogens is 453 g/mol. The molecule has 0 unspecified atom stereocenters. The van der Waals surface area contributed by atoms with E-state index < -0.39 is 32.6 Å². The maximum absolute atomic E-state index is 13.0. The summed E-state index contributed by atoms with van der Waals surface area (Å²) in [7, 11) is -3.96. The molecule has 0 saturated carbocycles. The van der Waals surface area contributed by atoms with Crippen molar-refractivity contribution in [1.29, 1.82) is 0 Å². The summed E-state index contributed by atoms with van der Waals surface area (Å²) < 4.78 is 71.5. The van der Waals surface area contributed by atoms with E-state index in [1.54, 1.807) is 6.92 Å². The first-order valence-corrected chi connectivity index (χ1v) is 10.9. The molecule has 0 bridgehead atoms. The standard InChI is InChI=1S/C18H15F3N6O4S/c1-3-31-17(28)11-7-8-22-15-13(16(25-27(11)15)32(29,30)4-2)14-23-12-6-5-10(18(19,20)21)9-26(12)24-14/h5-9H,3-4H2,1-2H3. The van der Waals surface area contributed by atoms with Crippen LogP contribution in [0.4, 0.5) is 13.2 Å². The van der Waals surface area contributed by atoms with Gasteiger partial charge in [0.2, 0.25) is 0 Å². The lowest BCUT2D eigenvalue weighted by atomic mass is 10.3. The van der Waals surface area contributed by atoms with Gasteiger partial charge in [0.1, 0.15) is 5.56 Å². The van der Waals surface area contributed by atoms with Crippen LogP contribution in [0, 0.1) is 0 Å². The van der Waals surface area contributed by atoms with Gasteiger partial charge in [0.25, 0.3) is 0 Å². The summed E-state index contributed by atoms with van der Waals surface area (Å²) in [6, 6.07) is 3.25. The minimum Gasteiger partial charge on any atom is -0.461 e. The normalized spacial score (nSPS) is 12.5. The number of rotatable bonds is 5.